The van der Waals surface area contributed by atoms with Crippen LogP contribution in [-0.2, 0) is 0 Å². The third-order valence-corrected chi connectivity index (χ3v) is 3.60. The van der Waals surface area contributed by atoms with Gasteiger partial charge in [-0.3, -0.25) is 0 Å². The van der Waals surface area contributed by atoms with Crippen LogP contribution in [0.3, 0.4) is 0 Å². The maximum atomic E-state index is 2.19. The highest BCUT2D eigenvalue weighted by Gasteiger charge is 2.05. The SMILES string of the molecule is c1ccn(-c2cc(-n3cccc3)cc(-n3cccc3)c2)c1. The lowest BCUT2D eigenvalue weighted by Gasteiger charge is -2.12. The van der Waals surface area contributed by atoms with E-state index in [0.29, 0.717) is 0 Å². The Morgan fingerprint density at radius 3 is 0.857 bits per heavy atom. The molecule has 1 aromatic carbocycles. The molecule has 0 aliphatic rings. The Morgan fingerprint density at radius 2 is 0.619 bits per heavy atom. The summed E-state index contributed by atoms with van der Waals surface area (Å²) in [6, 6.07) is 18.8. The van der Waals surface area contributed by atoms with E-state index in [1.807, 2.05) is 36.4 Å². The molecule has 3 heteroatoms. The second kappa shape index (κ2) is 4.87. The molecule has 3 nitrogen and oxygen atoms in total. The van der Waals surface area contributed by atoms with Crippen LogP contribution in [0.5, 0.6) is 0 Å². The molecule has 0 unspecified atom stereocenters. The van der Waals surface area contributed by atoms with E-state index in [4.69, 9.17) is 0 Å². The minimum absolute atomic E-state index is 1.15. The second-order valence-electron chi connectivity index (χ2n) is 4.98. The van der Waals surface area contributed by atoms with Gasteiger partial charge in [-0.2, -0.15) is 0 Å². The average molecular weight is 273 g/mol. The van der Waals surface area contributed by atoms with E-state index in [2.05, 4.69) is 69.1 Å². The summed E-state index contributed by atoms with van der Waals surface area (Å²) >= 11 is 0. The van der Waals surface area contributed by atoms with Crippen molar-refractivity contribution in [2.24, 2.45) is 0 Å². The van der Waals surface area contributed by atoms with Crippen molar-refractivity contribution in [3.8, 4) is 17.1 Å². The fraction of sp³-hybridized carbons (Fsp3) is 0. The van der Waals surface area contributed by atoms with Crippen LogP contribution in [0.4, 0.5) is 0 Å². The minimum Gasteiger partial charge on any atom is -0.324 e. The molecular formula is C18H15N3. The van der Waals surface area contributed by atoms with Crippen LogP contribution in [0.15, 0.2) is 91.8 Å². The molecule has 0 radical (unpaired) electrons. The molecule has 3 heterocycles. The molecule has 0 N–H and O–H groups in total. The fourth-order valence-corrected chi connectivity index (χ4v) is 2.55. The highest BCUT2D eigenvalue weighted by atomic mass is 15.0. The van der Waals surface area contributed by atoms with Crippen molar-refractivity contribution in [2.75, 3.05) is 0 Å². The molecule has 0 bridgehead atoms. The minimum atomic E-state index is 1.15. The predicted octanol–water partition coefficient (Wildman–Crippen LogP) is 4.06. The number of hydrogen-bond acceptors (Lipinski definition) is 0. The van der Waals surface area contributed by atoms with Crippen molar-refractivity contribution < 1.29 is 0 Å². The Hall–Kier alpha value is -2.94. The van der Waals surface area contributed by atoms with Gasteiger partial charge in [-0.05, 0) is 54.6 Å². The van der Waals surface area contributed by atoms with Crippen molar-refractivity contribution in [3.63, 3.8) is 0 Å². The van der Waals surface area contributed by atoms with Crippen LogP contribution in [0.1, 0.15) is 0 Å². The van der Waals surface area contributed by atoms with Gasteiger partial charge in [0.1, 0.15) is 0 Å². The molecule has 0 saturated heterocycles. The van der Waals surface area contributed by atoms with Gasteiger partial charge in [-0.15, -0.1) is 0 Å². The molecule has 0 atom stereocenters. The molecule has 0 aliphatic carbocycles. The maximum Gasteiger partial charge on any atom is 0.0491 e. The first-order valence-electron chi connectivity index (χ1n) is 6.95. The van der Waals surface area contributed by atoms with Gasteiger partial charge in [-0.1, -0.05) is 0 Å². The second-order valence-corrected chi connectivity index (χ2v) is 4.98. The number of benzene rings is 1. The molecule has 102 valence electrons. The lowest BCUT2D eigenvalue weighted by molar-refractivity contribution is 1.01. The molecule has 21 heavy (non-hydrogen) atoms. The van der Waals surface area contributed by atoms with Gasteiger partial charge < -0.3 is 13.7 Å². The Bertz CT molecular complexity index is 696. The summed E-state index contributed by atoms with van der Waals surface area (Å²) in [5.74, 6) is 0. The van der Waals surface area contributed by atoms with Gasteiger partial charge in [-0.25, -0.2) is 0 Å². The van der Waals surface area contributed by atoms with Gasteiger partial charge in [0.25, 0.3) is 0 Å². The van der Waals surface area contributed by atoms with Gasteiger partial charge in [0.2, 0.25) is 0 Å². The summed E-state index contributed by atoms with van der Waals surface area (Å²) in [6.07, 6.45) is 12.4. The summed E-state index contributed by atoms with van der Waals surface area (Å²) in [4.78, 5) is 0. The van der Waals surface area contributed by atoms with Gasteiger partial charge in [0.15, 0.2) is 0 Å². The Kier molecular flexibility index (Phi) is 2.75. The zero-order valence-corrected chi connectivity index (χ0v) is 11.5. The van der Waals surface area contributed by atoms with Gasteiger partial charge >= 0.3 is 0 Å². The topological polar surface area (TPSA) is 14.8 Å². The third kappa shape index (κ3) is 2.19. The van der Waals surface area contributed by atoms with Crippen molar-refractivity contribution >= 4 is 0 Å². The normalized spacial score (nSPS) is 10.9. The largest absolute Gasteiger partial charge is 0.324 e. The van der Waals surface area contributed by atoms with Crippen molar-refractivity contribution in [2.45, 2.75) is 0 Å². The Balaban J connectivity index is 1.92. The first-order chi connectivity index (χ1) is 10.4. The van der Waals surface area contributed by atoms with E-state index >= 15 is 0 Å². The first kappa shape index (κ1) is 11.9. The predicted molar refractivity (Wildman–Crippen MR) is 84.4 cm³/mol. The Morgan fingerprint density at radius 1 is 0.381 bits per heavy atom. The summed E-state index contributed by atoms with van der Waals surface area (Å²) < 4.78 is 6.38. The van der Waals surface area contributed by atoms with E-state index in [-0.39, 0.29) is 0 Å². The standard InChI is InChI=1S/C18H15N3/c1-2-8-19(7-1)16-13-17(20-9-3-4-10-20)15-18(14-16)21-11-5-6-12-21/h1-15H. The third-order valence-electron chi connectivity index (χ3n) is 3.60. The lowest BCUT2D eigenvalue weighted by Crippen LogP contribution is -1.99. The van der Waals surface area contributed by atoms with E-state index in [1.165, 1.54) is 0 Å². The summed E-state index contributed by atoms with van der Waals surface area (Å²) in [7, 11) is 0. The highest BCUT2D eigenvalue weighted by Crippen LogP contribution is 2.21. The molecule has 0 fully saturated rings. The molecule has 0 spiro atoms. The fourth-order valence-electron chi connectivity index (χ4n) is 2.55. The van der Waals surface area contributed by atoms with Gasteiger partial charge in [0, 0.05) is 54.2 Å². The zero-order chi connectivity index (χ0) is 14.1. The van der Waals surface area contributed by atoms with E-state index in [1.54, 1.807) is 0 Å². The molecule has 0 saturated carbocycles. The van der Waals surface area contributed by atoms with Crippen LogP contribution < -0.4 is 0 Å². The monoisotopic (exact) mass is 273 g/mol. The van der Waals surface area contributed by atoms with Crippen molar-refractivity contribution in [3.05, 3.63) is 91.8 Å². The van der Waals surface area contributed by atoms with E-state index in [0.717, 1.165) is 17.1 Å². The number of aromatic nitrogens is 3. The Labute approximate surface area is 123 Å². The van der Waals surface area contributed by atoms with Crippen molar-refractivity contribution in [1.82, 2.24) is 13.7 Å². The smallest absolute Gasteiger partial charge is 0.0491 e. The van der Waals surface area contributed by atoms with E-state index < -0.39 is 0 Å². The molecule has 4 aromatic rings. The maximum absolute atomic E-state index is 2.19. The van der Waals surface area contributed by atoms with Crippen LogP contribution in [0, 0.1) is 0 Å². The van der Waals surface area contributed by atoms with Crippen LogP contribution in [0.25, 0.3) is 17.1 Å². The average Bonchev–Trinajstić information content (AvgIpc) is 3.29. The summed E-state index contributed by atoms with van der Waals surface area (Å²) in [5.41, 5.74) is 3.44. The van der Waals surface area contributed by atoms with Crippen LogP contribution >= 0.6 is 0 Å². The molecule has 4 rings (SSSR count). The molecule has 0 amide bonds. The number of hydrogen-bond donors (Lipinski definition) is 0. The van der Waals surface area contributed by atoms with E-state index in [9.17, 15) is 0 Å². The molecule has 3 aromatic heterocycles. The summed E-state index contributed by atoms with van der Waals surface area (Å²) in [6.45, 7) is 0. The lowest BCUT2D eigenvalue weighted by atomic mass is 10.2. The first-order valence-corrected chi connectivity index (χ1v) is 6.95. The summed E-state index contributed by atoms with van der Waals surface area (Å²) in [5, 5.41) is 0. The number of rotatable bonds is 3. The zero-order valence-electron chi connectivity index (χ0n) is 11.5. The molecular weight excluding hydrogens is 258 g/mol. The van der Waals surface area contributed by atoms with Crippen molar-refractivity contribution in [1.29, 1.82) is 0 Å². The molecule has 0 aliphatic heterocycles. The highest BCUT2D eigenvalue weighted by molar-refractivity contribution is 5.53. The number of nitrogens with zero attached hydrogens (tertiary/aromatic N) is 3. The van der Waals surface area contributed by atoms with Gasteiger partial charge in [0.05, 0.1) is 0 Å². The van der Waals surface area contributed by atoms with Crippen LogP contribution in [-0.4, -0.2) is 13.7 Å². The quantitative estimate of drug-likeness (QED) is 0.535. The van der Waals surface area contributed by atoms with Crippen LogP contribution in [0.2, 0.25) is 0 Å².